The van der Waals surface area contributed by atoms with E-state index in [9.17, 15) is 9.90 Å². The Balaban J connectivity index is 1.49. The molecule has 0 aliphatic heterocycles. The number of methoxy groups -OCH3 is 1. The van der Waals surface area contributed by atoms with E-state index in [4.69, 9.17) is 9.47 Å². The number of nitrogens with zero attached hydrogens (tertiary/aromatic N) is 2. The van der Waals surface area contributed by atoms with Crippen LogP contribution in [0.25, 0.3) is 16.9 Å². The highest BCUT2D eigenvalue weighted by atomic mass is 79.9. The van der Waals surface area contributed by atoms with Gasteiger partial charge in [0.2, 0.25) is 0 Å². The highest BCUT2D eigenvalue weighted by molar-refractivity contribution is 9.10. The molecule has 2 heterocycles. The van der Waals surface area contributed by atoms with Gasteiger partial charge in [-0.2, -0.15) is 8.97 Å². The van der Waals surface area contributed by atoms with Crippen LogP contribution in [-0.2, 0) is 13.2 Å². The Morgan fingerprint density at radius 1 is 0.919 bits per heavy atom. The van der Waals surface area contributed by atoms with Crippen molar-refractivity contribution in [3.8, 4) is 28.5 Å². The second-order valence-electron chi connectivity index (χ2n) is 8.72. The van der Waals surface area contributed by atoms with Crippen molar-refractivity contribution in [3.63, 3.8) is 0 Å². The summed E-state index contributed by atoms with van der Waals surface area (Å²) in [6, 6.07) is 26.0. The number of aromatic nitrogens is 2. The molecule has 5 rings (SSSR count). The molecule has 0 saturated carbocycles. The normalized spacial score (nSPS) is 11.0. The third-order valence-corrected chi connectivity index (χ3v) is 6.81. The van der Waals surface area contributed by atoms with Gasteiger partial charge in [-0.25, -0.2) is 4.79 Å². The maximum atomic E-state index is 13.6. The summed E-state index contributed by atoms with van der Waals surface area (Å²) >= 11 is 3.44. The summed E-state index contributed by atoms with van der Waals surface area (Å²) in [5, 5.41) is 11.6. The van der Waals surface area contributed by atoms with E-state index in [1.54, 1.807) is 23.8 Å². The molecule has 186 valence electrons. The Morgan fingerprint density at radius 3 is 2.38 bits per heavy atom. The van der Waals surface area contributed by atoms with Crippen LogP contribution >= 0.6 is 15.9 Å². The van der Waals surface area contributed by atoms with Crippen molar-refractivity contribution in [2.45, 2.75) is 20.1 Å². The lowest BCUT2D eigenvalue weighted by Crippen LogP contribution is -2.38. The molecule has 0 atom stereocenters. The maximum absolute atomic E-state index is 13.6. The third-order valence-electron chi connectivity index (χ3n) is 6.28. The average molecular weight is 557 g/mol. The maximum Gasteiger partial charge on any atom is 0.341 e. The number of hydrogen-bond acceptors (Lipinski definition) is 4. The summed E-state index contributed by atoms with van der Waals surface area (Å²) in [7, 11) is 1.61. The number of hydrogen-bond donors (Lipinski definition) is 0. The molecule has 0 N–H and O–H groups in total. The molecule has 6 nitrogen and oxygen atoms in total. The summed E-state index contributed by atoms with van der Waals surface area (Å²) in [5.41, 5.74) is 4.79. The molecule has 3 aromatic carbocycles. The molecule has 0 spiro atoms. The Hall–Kier alpha value is -4.10. The molecule has 37 heavy (non-hydrogen) atoms. The van der Waals surface area contributed by atoms with Gasteiger partial charge in [0.25, 0.3) is 5.65 Å². The lowest BCUT2D eigenvalue weighted by Gasteiger charge is -2.14. The number of pyridine rings is 1. The monoisotopic (exact) mass is 556 g/mol. The molecule has 0 bridgehead atoms. The van der Waals surface area contributed by atoms with Gasteiger partial charge >= 0.3 is 5.56 Å². The zero-order chi connectivity index (χ0) is 25.9. The second kappa shape index (κ2) is 10.5. The smallest absolute Gasteiger partial charge is 0.341 e. The minimum atomic E-state index is -0.0954. The van der Waals surface area contributed by atoms with Crippen LogP contribution in [0.2, 0.25) is 0 Å². The van der Waals surface area contributed by atoms with Crippen LogP contribution in [0.1, 0.15) is 16.7 Å². The number of rotatable bonds is 7. The first kappa shape index (κ1) is 24.6. The van der Waals surface area contributed by atoms with E-state index in [0.29, 0.717) is 30.2 Å². The molecule has 0 unspecified atom stereocenters. The molecule has 7 heteroatoms. The van der Waals surface area contributed by atoms with E-state index < -0.39 is 0 Å². The zero-order valence-corrected chi connectivity index (χ0v) is 22.1. The largest absolute Gasteiger partial charge is 0.872 e. The SMILES string of the molecule is COc1cc(Cn2c(=O)c(C)c(-c3ccc([O-])cc3)[n+]3ccccc23)ccc1OCc1ccc(Br)cc1. The highest BCUT2D eigenvalue weighted by Gasteiger charge is 2.22. The molecular weight excluding hydrogens is 532 g/mol. The first-order chi connectivity index (χ1) is 17.9. The first-order valence-corrected chi connectivity index (χ1v) is 12.6. The van der Waals surface area contributed by atoms with Gasteiger partial charge in [0.1, 0.15) is 13.2 Å². The molecule has 2 aromatic heterocycles. The molecule has 0 aliphatic rings. The molecule has 5 aromatic rings. The van der Waals surface area contributed by atoms with Crippen molar-refractivity contribution in [3.05, 3.63) is 123 Å². The summed E-state index contributed by atoms with van der Waals surface area (Å²) in [4.78, 5) is 13.6. The highest BCUT2D eigenvalue weighted by Crippen LogP contribution is 2.29. The van der Waals surface area contributed by atoms with E-state index in [0.717, 1.165) is 32.5 Å². The van der Waals surface area contributed by atoms with Crippen molar-refractivity contribution < 1.29 is 19.0 Å². The van der Waals surface area contributed by atoms with E-state index in [-0.39, 0.29) is 11.3 Å². The van der Waals surface area contributed by atoms with Gasteiger partial charge in [-0.3, -0.25) is 0 Å². The Labute approximate surface area is 223 Å². The minimum Gasteiger partial charge on any atom is -0.872 e. The molecule has 0 amide bonds. The summed E-state index contributed by atoms with van der Waals surface area (Å²) < 4.78 is 16.4. The van der Waals surface area contributed by atoms with Crippen LogP contribution in [0.5, 0.6) is 17.2 Å². The first-order valence-electron chi connectivity index (χ1n) is 11.8. The fourth-order valence-electron chi connectivity index (χ4n) is 4.41. The van der Waals surface area contributed by atoms with Crippen LogP contribution in [-0.4, -0.2) is 11.7 Å². The predicted octanol–water partition coefficient (Wildman–Crippen LogP) is 5.03. The minimum absolute atomic E-state index is 0.0673. The number of fused-ring (bicyclic) bond motifs is 1. The molecule has 0 saturated heterocycles. The van der Waals surface area contributed by atoms with Crippen molar-refractivity contribution in [2.75, 3.05) is 7.11 Å². The topological polar surface area (TPSA) is 67.6 Å². The van der Waals surface area contributed by atoms with Gasteiger partial charge in [0, 0.05) is 16.1 Å². The van der Waals surface area contributed by atoms with Crippen LogP contribution in [0, 0.1) is 6.92 Å². The zero-order valence-electron chi connectivity index (χ0n) is 20.5. The molecule has 0 aliphatic carbocycles. The molecule has 0 radical (unpaired) electrons. The Morgan fingerprint density at radius 2 is 1.65 bits per heavy atom. The Kier molecular flexibility index (Phi) is 6.97. The third kappa shape index (κ3) is 5.08. The van der Waals surface area contributed by atoms with Crippen LogP contribution in [0.4, 0.5) is 0 Å². The molecular formula is C30H25BrN2O4. The van der Waals surface area contributed by atoms with E-state index in [2.05, 4.69) is 15.9 Å². The van der Waals surface area contributed by atoms with E-state index in [1.165, 1.54) is 12.1 Å². The average Bonchev–Trinajstić information content (AvgIpc) is 2.92. The second-order valence-corrected chi connectivity index (χ2v) is 9.63. The lowest BCUT2D eigenvalue weighted by molar-refractivity contribution is -0.504. The van der Waals surface area contributed by atoms with Crippen molar-refractivity contribution >= 4 is 21.6 Å². The van der Waals surface area contributed by atoms with E-state index in [1.807, 2.05) is 78.2 Å². The van der Waals surface area contributed by atoms with Crippen molar-refractivity contribution in [1.82, 2.24) is 4.57 Å². The van der Waals surface area contributed by atoms with Gasteiger partial charge in [0.15, 0.2) is 17.2 Å². The number of ether oxygens (including phenoxy) is 2. The fraction of sp³-hybridized carbons (Fsp3) is 0.133. The quantitative estimate of drug-likeness (QED) is 0.263. The molecule has 0 fully saturated rings. The van der Waals surface area contributed by atoms with Gasteiger partial charge in [-0.05, 0) is 48.4 Å². The summed E-state index contributed by atoms with van der Waals surface area (Å²) in [5.74, 6) is 1.17. The Bertz CT molecular complexity index is 1630. The van der Waals surface area contributed by atoms with Gasteiger partial charge in [-0.1, -0.05) is 64.5 Å². The lowest BCUT2D eigenvalue weighted by atomic mass is 10.1. The van der Waals surface area contributed by atoms with Gasteiger partial charge < -0.3 is 14.6 Å². The summed E-state index contributed by atoms with van der Waals surface area (Å²) in [6.45, 7) is 2.59. The fourth-order valence-corrected chi connectivity index (χ4v) is 4.67. The van der Waals surface area contributed by atoms with E-state index >= 15 is 0 Å². The van der Waals surface area contributed by atoms with Gasteiger partial charge in [-0.15, -0.1) is 5.75 Å². The van der Waals surface area contributed by atoms with Crippen LogP contribution < -0.4 is 24.5 Å². The number of halogens is 1. The standard InChI is InChI=1S/C30H25BrN2O4/c1-20-29(23-9-13-25(34)14-10-23)32-16-4-3-5-28(32)33(30(20)35)18-22-8-15-26(27(17-22)36-2)37-19-21-6-11-24(31)12-7-21/h3-17H,18-19H2,1-2H3. The predicted molar refractivity (Wildman–Crippen MR) is 144 cm³/mol. The van der Waals surface area contributed by atoms with Crippen molar-refractivity contribution in [1.29, 1.82) is 0 Å². The summed E-state index contributed by atoms with van der Waals surface area (Å²) in [6.07, 6.45) is 1.93. The van der Waals surface area contributed by atoms with Crippen LogP contribution in [0.15, 0.2) is 100 Å². The number of benzene rings is 3. The van der Waals surface area contributed by atoms with Gasteiger partial charge in [0.05, 0.1) is 18.9 Å². The van der Waals surface area contributed by atoms with Crippen LogP contribution in [0.3, 0.4) is 0 Å². The van der Waals surface area contributed by atoms with Crippen molar-refractivity contribution in [2.24, 2.45) is 0 Å².